The molecule has 0 aliphatic carbocycles. The van der Waals surface area contributed by atoms with Crippen LogP contribution in [0.4, 0.5) is 0 Å². The van der Waals surface area contributed by atoms with Crippen LogP contribution >= 0.6 is 0 Å². The summed E-state index contributed by atoms with van der Waals surface area (Å²) >= 11 is 0. The highest BCUT2D eigenvalue weighted by molar-refractivity contribution is 5.84. The Morgan fingerprint density at radius 3 is 2.70 bits per heavy atom. The predicted molar refractivity (Wildman–Crippen MR) is 106 cm³/mol. The quantitative estimate of drug-likeness (QED) is 0.816. The van der Waals surface area contributed by atoms with Crippen molar-refractivity contribution in [2.75, 3.05) is 19.6 Å². The number of rotatable bonds is 5. The molecule has 2 aliphatic rings. The van der Waals surface area contributed by atoms with E-state index in [0.29, 0.717) is 11.9 Å². The molecule has 1 aromatic heterocycles. The Labute approximate surface area is 162 Å². The first-order valence-corrected chi connectivity index (χ1v) is 10.1. The summed E-state index contributed by atoms with van der Waals surface area (Å²) in [4.78, 5) is 22.2. The molecule has 144 valence electrons. The Morgan fingerprint density at radius 1 is 1.11 bits per heavy atom. The zero-order valence-electron chi connectivity index (χ0n) is 16.5. The Balaban J connectivity index is 1.44. The number of amides is 1. The molecular weight excluding hydrogens is 336 g/mol. The highest BCUT2D eigenvalue weighted by atomic mass is 16.2. The fourth-order valence-corrected chi connectivity index (χ4v) is 4.68. The van der Waals surface area contributed by atoms with Gasteiger partial charge in [0.2, 0.25) is 5.91 Å². The number of imidazole rings is 1. The molecule has 0 bridgehead atoms. The maximum absolute atomic E-state index is 13.1. The van der Waals surface area contributed by atoms with Crippen LogP contribution in [0.5, 0.6) is 0 Å². The van der Waals surface area contributed by atoms with Crippen LogP contribution in [0.25, 0.3) is 0 Å². The van der Waals surface area contributed by atoms with Crippen LogP contribution in [0, 0.1) is 5.41 Å². The molecule has 4 rings (SSSR count). The van der Waals surface area contributed by atoms with Crippen molar-refractivity contribution in [2.45, 2.75) is 52.2 Å². The summed E-state index contributed by atoms with van der Waals surface area (Å²) in [6.45, 7) is 8.68. The van der Waals surface area contributed by atoms with Crippen molar-refractivity contribution in [1.29, 1.82) is 0 Å². The second-order valence-electron chi connectivity index (χ2n) is 8.39. The van der Waals surface area contributed by atoms with Gasteiger partial charge in [-0.05, 0) is 45.2 Å². The van der Waals surface area contributed by atoms with Gasteiger partial charge >= 0.3 is 0 Å². The molecule has 0 radical (unpaired) electrons. The van der Waals surface area contributed by atoms with Gasteiger partial charge in [-0.15, -0.1) is 0 Å². The minimum atomic E-state index is -0.167. The number of benzene rings is 1. The number of nitrogens with zero attached hydrogens (tertiary/aromatic N) is 4. The Bertz CT molecular complexity index is 785. The van der Waals surface area contributed by atoms with Crippen molar-refractivity contribution in [3.05, 3.63) is 54.1 Å². The van der Waals surface area contributed by atoms with Crippen molar-refractivity contribution >= 4 is 5.91 Å². The number of aromatic nitrogens is 2. The summed E-state index contributed by atoms with van der Waals surface area (Å²) in [6, 6.07) is 10.8. The number of carbonyl (C=O) groups is 1. The van der Waals surface area contributed by atoms with Gasteiger partial charge < -0.3 is 9.47 Å². The first-order chi connectivity index (χ1) is 13.1. The van der Waals surface area contributed by atoms with Gasteiger partial charge in [0.15, 0.2) is 0 Å². The molecule has 2 aromatic rings. The molecule has 0 saturated carbocycles. The molecule has 3 heterocycles. The Morgan fingerprint density at radius 2 is 1.93 bits per heavy atom. The third kappa shape index (κ3) is 3.65. The largest absolute Gasteiger partial charge is 0.340 e. The molecule has 5 nitrogen and oxygen atoms in total. The smallest absolute Gasteiger partial charge is 0.230 e. The van der Waals surface area contributed by atoms with Gasteiger partial charge in [0, 0.05) is 38.1 Å². The van der Waals surface area contributed by atoms with Crippen LogP contribution in [-0.4, -0.2) is 50.9 Å². The van der Waals surface area contributed by atoms with Gasteiger partial charge in [-0.25, -0.2) is 4.98 Å². The lowest BCUT2D eigenvalue weighted by Gasteiger charge is -2.41. The van der Waals surface area contributed by atoms with E-state index in [1.165, 1.54) is 5.56 Å². The van der Waals surface area contributed by atoms with Crippen molar-refractivity contribution < 1.29 is 4.79 Å². The maximum Gasteiger partial charge on any atom is 0.230 e. The van der Waals surface area contributed by atoms with Crippen LogP contribution in [0.3, 0.4) is 0 Å². The number of piperidine rings is 1. The summed E-state index contributed by atoms with van der Waals surface area (Å²) in [5.74, 6) is 1.46. The third-order valence-corrected chi connectivity index (χ3v) is 6.19. The molecular formula is C22H30N4O. The first-order valence-electron chi connectivity index (χ1n) is 10.1. The Kier molecular flexibility index (Phi) is 5.04. The van der Waals surface area contributed by atoms with E-state index >= 15 is 0 Å². The zero-order chi connectivity index (χ0) is 18.9. The second kappa shape index (κ2) is 7.47. The fraction of sp³-hybridized carbons (Fsp3) is 0.545. The lowest BCUT2D eigenvalue weighted by Crippen LogP contribution is -2.52. The molecule has 1 atom stereocenters. The fourth-order valence-electron chi connectivity index (χ4n) is 4.68. The molecule has 2 aliphatic heterocycles. The maximum atomic E-state index is 13.1. The van der Waals surface area contributed by atoms with Gasteiger partial charge in [-0.1, -0.05) is 30.3 Å². The highest BCUT2D eigenvalue weighted by Gasteiger charge is 2.48. The van der Waals surface area contributed by atoms with E-state index in [1.807, 2.05) is 12.3 Å². The van der Waals surface area contributed by atoms with Crippen molar-refractivity contribution in [2.24, 2.45) is 5.41 Å². The number of hydrogen-bond donors (Lipinski definition) is 0. The third-order valence-electron chi connectivity index (χ3n) is 6.19. The average Bonchev–Trinajstić information content (AvgIpc) is 3.26. The Hall–Kier alpha value is -2.14. The van der Waals surface area contributed by atoms with E-state index in [4.69, 9.17) is 0 Å². The topological polar surface area (TPSA) is 41.4 Å². The zero-order valence-corrected chi connectivity index (χ0v) is 16.5. The van der Waals surface area contributed by atoms with Gasteiger partial charge in [0.05, 0.1) is 12.0 Å². The van der Waals surface area contributed by atoms with Crippen LogP contribution < -0.4 is 0 Å². The molecule has 0 unspecified atom stereocenters. The van der Waals surface area contributed by atoms with Crippen LogP contribution in [0.15, 0.2) is 42.7 Å². The molecule has 27 heavy (non-hydrogen) atoms. The van der Waals surface area contributed by atoms with E-state index < -0.39 is 0 Å². The summed E-state index contributed by atoms with van der Waals surface area (Å²) in [7, 11) is 0. The van der Waals surface area contributed by atoms with Crippen molar-refractivity contribution in [1.82, 2.24) is 19.4 Å². The summed E-state index contributed by atoms with van der Waals surface area (Å²) in [5.41, 5.74) is 1.11. The van der Waals surface area contributed by atoms with Crippen LogP contribution in [0.1, 0.15) is 44.5 Å². The van der Waals surface area contributed by atoms with Crippen LogP contribution in [-0.2, 0) is 17.9 Å². The van der Waals surface area contributed by atoms with E-state index in [2.05, 4.69) is 63.7 Å². The lowest BCUT2D eigenvalue weighted by molar-refractivity contribution is -0.147. The highest BCUT2D eigenvalue weighted by Crippen LogP contribution is 2.41. The molecule has 5 heteroatoms. The minimum Gasteiger partial charge on any atom is -0.340 e. The van der Waals surface area contributed by atoms with Crippen LogP contribution in [0.2, 0.25) is 0 Å². The van der Waals surface area contributed by atoms with Gasteiger partial charge in [-0.3, -0.25) is 9.69 Å². The average molecular weight is 367 g/mol. The summed E-state index contributed by atoms with van der Waals surface area (Å²) < 4.78 is 2.23. The minimum absolute atomic E-state index is 0.167. The van der Waals surface area contributed by atoms with Gasteiger partial charge in [-0.2, -0.15) is 0 Å². The van der Waals surface area contributed by atoms with Crippen molar-refractivity contribution in [3.63, 3.8) is 0 Å². The van der Waals surface area contributed by atoms with E-state index in [1.54, 1.807) is 0 Å². The van der Waals surface area contributed by atoms with E-state index in [0.717, 1.165) is 57.8 Å². The molecule has 1 spiro atoms. The molecule has 0 N–H and O–H groups in total. The van der Waals surface area contributed by atoms with E-state index in [-0.39, 0.29) is 5.41 Å². The van der Waals surface area contributed by atoms with E-state index in [9.17, 15) is 4.79 Å². The molecule has 2 fully saturated rings. The van der Waals surface area contributed by atoms with Gasteiger partial charge in [0.1, 0.15) is 5.82 Å². The molecule has 1 amide bonds. The monoisotopic (exact) mass is 366 g/mol. The number of carbonyl (C=O) groups excluding carboxylic acids is 1. The lowest BCUT2D eigenvalue weighted by atomic mass is 9.78. The van der Waals surface area contributed by atoms with Gasteiger partial charge in [0.25, 0.3) is 0 Å². The molecule has 1 aromatic carbocycles. The summed E-state index contributed by atoms with van der Waals surface area (Å²) in [6.07, 6.45) is 7.08. The molecule has 2 saturated heterocycles. The van der Waals surface area contributed by atoms with Crippen molar-refractivity contribution in [3.8, 4) is 0 Å². The SMILES string of the molecule is CC(C)N1CCC[C@@]2(CCN(Cc3nccn3Cc3ccccc3)C2)C1=O. The predicted octanol–water partition coefficient (Wildman–Crippen LogP) is 3.15. The summed E-state index contributed by atoms with van der Waals surface area (Å²) in [5, 5.41) is 0. The first kappa shape index (κ1) is 18.2. The number of hydrogen-bond acceptors (Lipinski definition) is 3. The standard InChI is InChI=1S/C22H30N4O/c1-18(2)26-12-6-9-22(21(26)27)10-13-24(17-22)16-20-23-11-14-25(20)15-19-7-4-3-5-8-19/h3-5,7-8,11,14,18H,6,9-10,12-13,15-17H2,1-2H3/t22-/m0/s1. The number of likely N-dealkylation sites (tertiary alicyclic amines) is 2. The second-order valence-corrected chi connectivity index (χ2v) is 8.39. The normalized spacial score (nSPS) is 23.7.